The lowest BCUT2D eigenvalue weighted by Gasteiger charge is -2.68. The van der Waals surface area contributed by atoms with E-state index in [9.17, 15) is 39.1 Å². The van der Waals surface area contributed by atoms with Gasteiger partial charge in [0.05, 0.1) is 42.2 Å². The second kappa shape index (κ2) is 11.0. The molecule has 0 aliphatic heterocycles. The maximum atomic E-state index is 12.4. The predicted octanol–water partition coefficient (Wildman–Crippen LogP) is 2.05. The Kier molecular flexibility index (Phi) is 8.92. The van der Waals surface area contributed by atoms with Crippen molar-refractivity contribution in [2.75, 3.05) is 6.61 Å². The van der Waals surface area contributed by atoms with Gasteiger partial charge in [-0.25, -0.2) is 4.18 Å². The Balaban J connectivity index is 1.55. The minimum absolute atomic E-state index is 0.0191. The Bertz CT molecular complexity index is 1020. The molecule has 4 rings (SSSR count). The van der Waals surface area contributed by atoms with Crippen molar-refractivity contribution >= 4 is 10.4 Å². The van der Waals surface area contributed by atoms with Crippen molar-refractivity contribution in [3.8, 4) is 0 Å². The molecule has 0 saturated heterocycles. The highest BCUT2D eigenvalue weighted by Crippen LogP contribution is 2.70. The normalized spacial score (nSPS) is 48.8. The van der Waals surface area contributed by atoms with Crippen LogP contribution in [-0.2, 0) is 14.6 Å². The number of aliphatic hydroxyl groups is 6. The van der Waals surface area contributed by atoms with Gasteiger partial charge in [0.1, 0.15) is 0 Å². The first-order valence-corrected chi connectivity index (χ1v) is 16.5. The van der Waals surface area contributed by atoms with Crippen LogP contribution in [0, 0.1) is 46.3 Å². The van der Waals surface area contributed by atoms with Crippen molar-refractivity contribution in [1.82, 2.24) is 0 Å². The Hall–Kier alpha value is -0.370. The van der Waals surface area contributed by atoms with E-state index in [-0.39, 0.29) is 43.1 Å². The fourth-order valence-electron chi connectivity index (χ4n) is 10.3. The van der Waals surface area contributed by atoms with Crippen LogP contribution in [0.3, 0.4) is 0 Å². The quantitative estimate of drug-likeness (QED) is 0.195. The van der Waals surface area contributed by atoms with Gasteiger partial charge in [-0.05, 0) is 73.5 Å². The van der Waals surface area contributed by atoms with Crippen molar-refractivity contribution < 1.29 is 47.8 Å². The molecule has 4 saturated carbocycles. The lowest BCUT2D eigenvalue weighted by molar-refractivity contribution is -0.315. The van der Waals surface area contributed by atoms with Gasteiger partial charge in [0, 0.05) is 24.2 Å². The van der Waals surface area contributed by atoms with Crippen LogP contribution in [0.4, 0.5) is 0 Å². The molecule has 0 aromatic carbocycles. The molecule has 10 nitrogen and oxygen atoms in total. The number of rotatable bonds is 9. The molecule has 13 atom stereocenters. The standard InChI is InChI=1S/C29H52O10S/c1-16(2)18(10-13-39-40(36,37)38)7-6-17(3)22-23(32)24(33)25-26(22,4)11-9-20-27(5)12-8-19(30)14-29(27,35)21(31)15-28(20,25)34/h16-25,30-35H,6-15H2,1-5H3,(H,36,37,38)/t17-,18-,19+,20?,21-,22+,23-,24?,25?,26-,27-,28+,29+/m1/s1. The van der Waals surface area contributed by atoms with Crippen molar-refractivity contribution in [1.29, 1.82) is 0 Å². The number of hydrogen-bond acceptors (Lipinski definition) is 9. The highest BCUT2D eigenvalue weighted by molar-refractivity contribution is 7.80. The summed E-state index contributed by atoms with van der Waals surface area (Å²) in [5.74, 6) is -1.04. The molecule has 0 amide bonds. The van der Waals surface area contributed by atoms with E-state index in [2.05, 4.69) is 11.1 Å². The van der Waals surface area contributed by atoms with Gasteiger partial charge in [-0.3, -0.25) is 4.55 Å². The summed E-state index contributed by atoms with van der Waals surface area (Å²) in [5, 5.41) is 68.7. The molecule has 0 bridgehead atoms. The predicted molar refractivity (Wildman–Crippen MR) is 147 cm³/mol. The van der Waals surface area contributed by atoms with Gasteiger partial charge in [0.2, 0.25) is 0 Å². The summed E-state index contributed by atoms with van der Waals surface area (Å²) >= 11 is 0. The molecule has 11 heteroatoms. The Labute approximate surface area is 239 Å². The molecule has 4 aliphatic carbocycles. The molecule has 7 N–H and O–H groups in total. The zero-order chi connectivity index (χ0) is 30.1. The summed E-state index contributed by atoms with van der Waals surface area (Å²) in [7, 11) is -4.49. The third kappa shape index (κ3) is 5.19. The molecule has 0 radical (unpaired) electrons. The van der Waals surface area contributed by atoms with E-state index in [4.69, 9.17) is 4.55 Å². The molecule has 4 aliphatic rings. The van der Waals surface area contributed by atoms with Gasteiger partial charge in [-0.15, -0.1) is 0 Å². The van der Waals surface area contributed by atoms with Gasteiger partial charge < -0.3 is 30.6 Å². The summed E-state index contributed by atoms with van der Waals surface area (Å²) < 4.78 is 35.3. The fourth-order valence-corrected chi connectivity index (χ4v) is 10.6. The van der Waals surface area contributed by atoms with Crippen LogP contribution < -0.4 is 0 Å². The lowest BCUT2D eigenvalue weighted by Crippen LogP contribution is -2.75. The summed E-state index contributed by atoms with van der Waals surface area (Å²) in [4.78, 5) is 0. The maximum Gasteiger partial charge on any atom is 0.397 e. The van der Waals surface area contributed by atoms with Crippen LogP contribution in [0.15, 0.2) is 0 Å². The molecule has 0 aromatic heterocycles. The van der Waals surface area contributed by atoms with Crippen LogP contribution in [0.2, 0.25) is 0 Å². The summed E-state index contributed by atoms with van der Waals surface area (Å²) in [6.07, 6.45) is -0.249. The highest BCUT2D eigenvalue weighted by Gasteiger charge is 2.75. The van der Waals surface area contributed by atoms with Gasteiger partial charge in [-0.1, -0.05) is 41.0 Å². The van der Waals surface area contributed by atoms with Crippen molar-refractivity contribution in [3.05, 3.63) is 0 Å². The smallest absolute Gasteiger partial charge is 0.393 e. The molecule has 234 valence electrons. The fraction of sp³-hybridized carbons (Fsp3) is 1.00. The van der Waals surface area contributed by atoms with E-state index < -0.39 is 68.7 Å². The number of hydrogen-bond donors (Lipinski definition) is 7. The Morgan fingerprint density at radius 1 is 0.900 bits per heavy atom. The van der Waals surface area contributed by atoms with Gasteiger partial charge >= 0.3 is 10.4 Å². The van der Waals surface area contributed by atoms with Crippen LogP contribution in [0.25, 0.3) is 0 Å². The van der Waals surface area contributed by atoms with Crippen molar-refractivity contribution in [3.63, 3.8) is 0 Å². The minimum atomic E-state index is -4.49. The topological polar surface area (TPSA) is 185 Å². The van der Waals surface area contributed by atoms with Crippen LogP contribution in [0.5, 0.6) is 0 Å². The van der Waals surface area contributed by atoms with E-state index in [1.807, 2.05) is 27.7 Å². The molecule has 4 fully saturated rings. The summed E-state index contributed by atoms with van der Waals surface area (Å²) in [6, 6.07) is 0. The Morgan fingerprint density at radius 2 is 1.55 bits per heavy atom. The SMILES string of the molecule is CC(C)[C@@H](CCOS(=O)(=O)O)CC[C@@H](C)[C@H]1[C@@H](O)C(O)C2[C@]3(O)C[C@@H](O)[C@@]4(O)C[C@@H](O)CC[C@]4(C)C3CC[C@@]21C. The number of aliphatic hydroxyl groups excluding tert-OH is 4. The first-order valence-electron chi connectivity index (χ1n) is 15.1. The van der Waals surface area contributed by atoms with Crippen LogP contribution in [0.1, 0.15) is 92.4 Å². The summed E-state index contributed by atoms with van der Waals surface area (Å²) in [5.41, 5.74) is -4.47. The Morgan fingerprint density at radius 3 is 2.15 bits per heavy atom. The molecular formula is C29H52O10S. The molecule has 0 aromatic rings. The van der Waals surface area contributed by atoms with Gasteiger partial charge in [0.25, 0.3) is 0 Å². The molecule has 3 unspecified atom stereocenters. The average molecular weight is 593 g/mol. The van der Waals surface area contributed by atoms with Crippen LogP contribution >= 0.6 is 0 Å². The van der Waals surface area contributed by atoms with E-state index in [1.54, 1.807) is 0 Å². The largest absolute Gasteiger partial charge is 0.397 e. The summed E-state index contributed by atoms with van der Waals surface area (Å²) in [6.45, 7) is 9.97. The zero-order valence-corrected chi connectivity index (χ0v) is 25.4. The monoisotopic (exact) mass is 592 g/mol. The third-order valence-corrected chi connectivity index (χ3v) is 12.8. The van der Waals surface area contributed by atoms with E-state index in [0.29, 0.717) is 38.5 Å². The minimum Gasteiger partial charge on any atom is -0.393 e. The number of fused-ring (bicyclic) bond motifs is 5. The average Bonchev–Trinajstić information content (AvgIpc) is 3.02. The maximum absolute atomic E-state index is 12.4. The molecular weight excluding hydrogens is 540 g/mol. The molecule has 0 spiro atoms. The molecule has 40 heavy (non-hydrogen) atoms. The highest BCUT2D eigenvalue weighted by atomic mass is 32.3. The van der Waals surface area contributed by atoms with Gasteiger partial charge in [-0.2, -0.15) is 8.42 Å². The second-order valence-corrected chi connectivity index (χ2v) is 15.7. The van der Waals surface area contributed by atoms with Gasteiger partial charge in [0.15, 0.2) is 0 Å². The third-order valence-electron chi connectivity index (χ3n) is 12.3. The van der Waals surface area contributed by atoms with E-state index in [0.717, 1.165) is 6.42 Å². The zero-order valence-electron chi connectivity index (χ0n) is 24.6. The van der Waals surface area contributed by atoms with Crippen molar-refractivity contribution in [2.45, 2.75) is 128 Å². The second-order valence-electron chi connectivity index (χ2n) is 14.6. The van der Waals surface area contributed by atoms with Crippen LogP contribution in [-0.4, -0.2) is 85.8 Å². The van der Waals surface area contributed by atoms with Crippen molar-refractivity contribution in [2.24, 2.45) is 46.3 Å². The lowest BCUT2D eigenvalue weighted by atomic mass is 9.40. The molecule has 0 heterocycles. The first kappa shape index (κ1) is 32.5. The first-order chi connectivity index (χ1) is 18.3. The van der Waals surface area contributed by atoms with E-state index in [1.165, 1.54) is 0 Å². The van der Waals surface area contributed by atoms with E-state index >= 15 is 0 Å².